The molecule has 0 fully saturated rings. The van der Waals surface area contributed by atoms with Crippen molar-refractivity contribution in [2.24, 2.45) is 0 Å². The van der Waals surface area contributed by atoms with Crippen LogP contribution in [0.2, 0.25) is 0 Å². The van der Waals surface area contributed by atoms with E-state index in [9.17, 15) is 18.0 Å². The number of nitrogens with one attached hydrogen (secondary N) is 1. The third-order valence-electron chi connectivity index (χ3n) is 3.62. The molecule has 0 unspecified atom stereocenters. The van der Waals surface area contributed by atoms with E-state index in [4.69, 9.17) is 4.74 Å². The molecule has 1 heterocycles. The maximum atomic E-state index is 13.0. The number of amides is 1. The summed E-state index contributed by atoms with van der Waals surface area (Å²) in [6.45, 7) is 1.45. The SMILES string of the molecule is C[C@@H](Oc1ccc(-n2cnnn2)cc1)C(=O)Nc1ccccc1C(F)(F)F. The van der Waals surface area contributed by atoms with Crippen LogP contribution in [0.3, 0.4) is 0 Å². The maximum Gasteiger partial charge on any atom is 0.418 e. The fourth-order valence-corrected chi connectivity index (χ4v) is 2.29. The summed E-state index contributed by atoms with van der Waals surface area (Å²) in [6, 6.07) is 11.3. The molecule has 0 aliphatic rings. The summed E-state index contributed by atoms with van der Waals surface area (Å²) in [5, 5.41) is 13.0. The topological polar surface area (TPSA) is 81.9 Å². The van der Waals surface area contributed by atoms with Crippen molar-refractivity contribution in [3.05, 3.63) is 60.4 Å². The number of aromatic nitrogens is 4. The van der Waals surface area contributed by atoms with Gasteiger partial charge in [0.25, 0.3) is 5.91 Å². The lowest BCUT2D eigenvalue weighted by Gasteiger charge is -2.17. The molecular weight excluding hydrogens is 363 g/mol. The average Bonchev–Trinajstić information content (AvgIpc) is 3.16. The number of tetrazole rings is 1. The van der Waals surface area contributed by atoms with E-state index in [0.717, 1.165) is 6.07 Å². The molecule has 0 radical (unpaired) electrons. The van der Waals surface area contributed by atoms with Crippen molar-refractivity contribution in [2.75, 3.05) is 5.32 Å². The highest BCUT2D eigenvalue weighted by Crippen LogP contribution is 2.34. The van der Waals surface area contributed by atoms with Crippen LogP contribution < -0.4 is 10.1 Å². The molecule has 3 aromatic rings. The lowest BCUT2D eigenvalue weighted by Crippen LogP contribution is -2.31. The smallest absolute Gasteiger partial charge is 0.418 e. The highest BCUT2D eigenvalue weighted by atomic mass is 19.4. The van der Waals surface area contributed by atoms with Crippen molar-refractivity contribution in [1.82, 2.24) is 20.2 Å². The number of nitrogens with zero attached hydrogens (tertiary/aromatic N) is 4. The van der Waals surface area contributed by atoms with Crippen molar-refractivity contribution in [3.8, 4) is 11.4 Å². The number of hydrogen-bond acceptors (Lipinski definition) is 5. The predicted octanol–water partition coefficient (Wildman–Crippen LogP) is 3.09. The fourth-order valence-electron chi connectivity index (χ4n) is 2.29. The van der Waals surface area contributed by atoms with Crippen LogP contribution in [-0.4, -0.2) is 32.2 Å². The second-order valence-corrected chi connectivity index (χ2v) is 5.54. The Hall–Kier alpha value is -3.43. The van der Waals surface area contributed by atoms with Crippen LogP contribution in [0.25, 0.3) is 5.69 Å². The van der Waals surface area contributed by atoms with E-state index in [-0.39, 0.29) is 5.69 Å². The van der Waals surface area contributed by atoms with Crippen LogP contribution in [0.5, 0.6) is 5.75 Å². The minimum Gasteiger partial charge on any atom is -0.481 e. The summed E-state index contributed by atoms with van der Waals surface area (Å²) in [4.78, 5) is 12.2. The van der Waals surface area contributed by atoms with E-state index in [1.54, 1.807) is 24.3 Å². The van der Waals surface area contributed by atoms with Crippen LogP contribution >= 0.6 is 0 Å². The minimum absolute atomic E-state index is 0.320. The van der Waals surface area contributed by atoms with Crippen LogP contribution in [0.15, 0.2) is 54.9 Å². The number of rotatable bonds is 5. The van der Waals surface area contributed by atoms with Crippen LogP contribution in [0, 0.1) is 0 Å². The van der Waals surface area contributed by atoms with E-state index in [1.807, 2.05) is 0 Å². The molecule has 0 aliphatic carbocycles. The van der Waals surface area contributed by atoms with Gasteiger partial charge in [0.15, 0.2) is 6.10 Å². The van der Waals surface area contributed by atoms with Gasteiger partial charge in [-0.1, -0.05) is 12.1 Å². The minimum atomic E-state index is -4.57. The highest BCUT2D eigenvalue weighted by Gasteiger charge is 2.34. The van der Waals surface area contributed by atoms with E-state index in [2.05, 4.69) is 20.8 Å². The van der Waals surface area contributed by atoms with Gasteiger partial charge in [-0.25, -0.2) is 4.68 Å². The van der Waals surface area contributed by atoms with Crippen molar-refractivity contribution in [1.29, 1.82) is 0 Å². The van der Waals surface area contributed by atoms with Gasteiger partial charge >= 0.3 is 6.18 Å². The van der Waals surface area contributed by atoms with Gasteiger partial charge in [-0.05, 0) is 53.7 Å². The van der Waals surface area contributed by atoms with Crippen molar-refractivity contribution in [2.45, 2.75) is 19.2 Å². The molecule has 0 saturated heterocycles. The summed E-state index contributed by atoms with van der Waals surface area (Å²) in [7, 11) is 0. The van der Waals surface area contributed by atoms with Crippen molar-refractivity contribution >= 4 is 11.6 Å². The van der Waals surface area contributed by atoms with Crippen LogP contribution in [0.4, 0.5) is 18.9 Å². The van der Waals surface area contributed by atoms with E-state index >= 15 is 0 Å². The standard InChI is InChI=1S/C17H14F3N5O2/c1-11(16(26)22-15-5-3-2-4-14(15)17(18,19)20)27-13-8-6-12(7-9-13)25-10-21-23-24-25/h2-11H,1H3,(H,22,26)/t11-/m1/s1. The third-order valence-corrected chi connectivity index (χ3v) is 3.62. The predicted molar refractivity (Wildman–Crippen MR) is 89.3 cm³/mol. The zero-order valence-corrected chi connectivity index (χ0v) is 14.0. The zero-order valence-electron chi connectivity index (χ0n) is 14.0. The first-order valence-electron chi connectivity index (χ1n) is 7.82. The third kappa shape index (κ3) is 4.40. The molecule has 3 rings (SSSR count). The molecule has 0 aliphatic heterocycles. The monoisotopic (exact) mass is 377 g/mol. The molecule has 0 bridgehead atoms. The number of carbonyl (C=O) groups excluding carboxylic acids is 1. The van der Waals surface area contributed by atoms with Gasteiger partial charge < -0.3 is 10.1 Å². The number of benzene rings is 2. The van der Waals surface area contributed by atoms with Gasteiger partial charge in [-0.3, -0.25) is 4.79 Å². The average molecular weight is 377 g/mol. The summed E-state index contributed by atoms with van der Waals surface area (Å²) in [5.74, 6) is -0.324. The number of alkyl halides is 3. The summed E-state index contributed by atoms with van der Waals surface area (Å²) in [6.07, 6.45) is -4.16. The van der Waals surface area contributed by atoms with E-state index < -0.39 is 23.8 Å². The number of carbonyl (C=O) groups is 1. The Morgan fingerprint density at radius 3 is 2.48 bits per heavy atom. The summed E-state index contributed by atoms with van der Waals surface area (Å²) >= 11 is 0. The lowest BCUT2D eigenvalue weighted by atomic mass is 10.1. The number of hydrogen-bond donors (Lipinski definition) is 1. The number of halogens is 3. The molecule has 1 amide bonds. The Kier molecular flexibility index (Phi) is 5.06. The van der Waals surface area contributed by atoms with Gasteiger partial charge in [-0.15, -0.1) is 5.10 Å². The van der Waals surface area contributed by atoms with Gasteiger partial charge in [0, 0.05) is 0 Å². The first-order chi connectivity index (χ1) is 12.8. The van der Waals surface area contributed by atoms with E-state index in [0.29, 0.717) is 11.4 Å². The number of anilines is 1. The molecule has 7 nitrogen and oxygen atoms in total. The molecule has 27 heavy (non-hydrogen) atoms. The Balaban J connectivity index is 1.66. The normalized spacial score (nSPS) is 12.4. The number of ether oxygens (including phenoxy) is 1. The molecule has 140 valence electrons. The molecular formula is C17H14F3N5O2. The Morgan fingerprint density at radius 1 is 1.15 bits per heavy atom. The molecule has 1 N–H and O–H groups in total. The zero-order chi connectivity index (χ0) is 19.4. The molecule has 2 aromatic carbocycles. The molecule has 1 atom stereocenters. The van der Waals surface area contributed by atoms with Gasteiger partial charge in [0.05, 0.1) is 16.9 Å². The van der Waals surface area contributed by atoms with E-state index in [1.165, 1.54) is 36.1 Å². The van der Waals surface area contributed by atoms with Crippen molar-refractivity contribution in [3.63, 3.8) is 0 Å². The lowest BCUT2D eigenvalue weighted by molar-refractivity contribution is -0.137. The molecule has 1 aromatic heterocycles. The Morgan fingerprint density at radius 2 is 1.85 bits per heavy atom. The largest absolute Gasteiger partial charge is 0.481 e. The fraction of sp³-hybridized carbons (Fsp3) is 0.176. The van der Waals surface area contributed by atoms with Gasteiger partial charge in [-0.2, -0.15) is 13.2 Å². The number of para-hydroxylation sites is 1. The summed E-state index contributed by atoms with van der Waals surface area (Å²) < 4.78 is 45.9. The second kappa shape index (κ2) is 7.44. The summed E-state index contributed by atoms with van der Waals surface area (Å²) in [5.41, 5.74) is -0.556. The highest BCUT2D eigenvalue weighted by molar-refractivity contribution is 5.94. The second-order valence-electron chi connectivity index (χ2n) is 5.54. The Bertz CT molecular complexity index is 911. The van der Waals surface area contributed by atoms with Gasteiger partial charge in [0.2, 0.25) is 0 Å². The van der Waals surface area contributed by atoms with Crippen LogP contribution in [-0.2, 0) is 11.0 Å². The first kappa shape index (κ1) is 18.4. The Labute approximate surface area is 151 Å². The quantitative estimate of drug-likeness (QED) is 0.739. The van der Waals surface area contributed by atoms with Crippen molar-refractivity contribution < 1.29 is 22.7 Å². The van der Waals surface area contributed by atoms with Gasteiger partial charge in [0.1, 0.15) is 12.1 Å². The molecule has 0 spiro atoms. The molecule has 10 heteroatoms. The molecule has 0 saturated carbocycles. The van der Waals surface area contributed by atoms with Crippen LogP contribution in [0.1, 0.15) is 12.5 Å². The first-order valence-corrected chi connectivity index (χ1v) is 7.82. The maximum absolute atomic E-state index is 13.0.